The van der Waals surface area contributed by atoms with E-state index in [2.05, 4.69) is 22.4 Å². The van der Waals surface area contributed by atoms with E-state index in [0.29, 0.717) is 5.75 Å². The third-order valence-corrected chi connectivity index (χ3v) is 3.26. The molecule has 0 atom stereocenters. The lowest BCUT2D eigenvalue weighted by Crippen LogP contribution is -2.02. The van der Waals surface area contributed by atoms with E-state index in [1.54, 1.807) is 0 Å². The van der Waals surface area contributed by atoms with Gasteiger partial charge < -0.3 is 0 Å². The standard InChI is InChI=1S/C10H19NO2S2/c1-15(12,13)9-7-5-3-2-4-6-8-11-10-14/h2-9H2,1H3. The molecule has 0 radical (unpaired) electrons. The van der Waals surface area contributed by atoms with Gasteiger partial charge in [-0.05, 0) is 25.1 Å². The van der Waals surface area contributed by atoms with Crippen LogP contribution in [0.1, 0.15) is 38.5 Å². The molecule has 5 heteroatoms. The van der Waals surface area contributed by atoms with E-state index < -0.39 is 9.84 Å². The normalized spacial score (nSPS) is 11.0. The summed E-state index contributed by atoms with van der Waals surface area (Å²) in [4.78, 5) is 3.82. The van der Waals surface area contributed by atoms with Crippen molar-refractivity contribution in [2.24, 2.45) is 4.99 Å². The number of rotatable bonds is 9. The fourth-order valence-electron chi connectivity index (χ4n) is 1.31. The van der Waals surface area contributed by atoms with Crippen molar-refractivity contribution < 1.29 is 8.42 Å². The van der Waals surface area contributed by atoms with E-state index in [4.69, 9.17) is 0 Å². The average molecular weight is 249 g/mol. The first kappa shape index (κ1) is 14.8. The second kappa shape index (κ2) is 9.01. The Morgan fingerprint density at radius 2 is 1.60 bits per heavy atom. The Hall–Kier alpha value is -0.250. The summed E-state index contributed by atoms with van der Waals surface area (Å²) in [5.41, 5.74) is 0. The molecule has 88 valence electrons. The van der Waals surface area contributed by atoms with E-state index >= 15 is 0 Å². The van der Waals surface area contributed by atoms with Crippen LogP contribution < -0.4 is 0 Å². The van der Waals surface area contributed by atoms with Crippen LogP contribution in [0.2, 0.25) is 0 Å². The molecule has 0 N–H and O–H groups in total. The van der Waals surface area contributed by atoms with Crippen LogP contribution in [0.25, 0.3) is 0 Å². The smallest absolute Gasteiger partial charge is 0.147 e. The van der Waals surface area contributed by atoms with Gasteiger partial charge >= 0.3 is 0 Å². The Labute approximate surface area is 97.9 Å². The zero-order chi connectivity index (χ0) is 11.6. The average Bonchev–Trinajstić information content (AvgIpc) is 2.14. The Balaban J connectivity index is 3.15. The molecule has 0 spiro atoms. The lowest BCUT2D eigenvalue weighted by Gasteiger charge is -1.99. The second-order valence-corrected chi connectivity index (χ2v) is 6.17. The van der Waals surface area contributed by atoms with Gasteiger partial charge in [0.05, 0.1) is 5.16 Å². The van der Waals surface area contributed by atoms with Crippen molar-refractivity contribution in [2.75, 3.05) is 18.6 Å². The molecule has 0 aliphatic heterocycles. The van der Waals surface area contributed by atoms with Gasteiger partial charge in [0.25, 0.3) is 0 Å². The van der Waals surface area contributed by atoms with Gasteiger partial charge in [0, 0.05) is 18.6 Å². The molecule has 0 aromatic heterocycles. The molecule has 0 fully saturated rings. The highest BCUT2D eigenvalue weighted by Crippen LogP contribution is 2.06. The summed E-state index contributed by atoms with van der Waals surface area (Å²) in [7, 11) is -2.76. The predicted molar refractivity (Wildman–Crippen MR) is 67.3 cm³/mol. The molecule has 0 aliphatic rings. The quantitative estimate of drug-likeness (QED) is 0.358. The van der Waals surface area contributed by atoms with Gasteiger partial charge in [0.2, 0.25) is 0 Å². The number of hydrogen-bond acceptors (Lipinski definition) is 4. The molecule has 0 heterocycles. The Morgan fingerprint density at radius 1 is 1.07 bits per heavy atom. The molecular formula is C10H19NO2S2. The number of unbranched alkanes of at least 4 members (excludes halogenated alkanes) is 5. The molecule has 0 aliphatic carbocycles. The van der Waals surface area contributed by atoms with Gasteiger partial charge in [0.1, 0.15) is 9.84 Å². The molecule has 0 saturated carbocycles. The molecule has 0 aromatic carbocycles. The molecule has 0 unspecified atom stereocenters. The number of aliphatic imine (C=N–C) groups is 1. The summed E-state index contributed by atoms with van der Waals surface area (Å²) in [6.45, 7) is 0.771. The van der Waals surface area contributed by atoms with Crippen molar-refractivity contribution in [1.29, 1.82) is 0 Å². The van der Waals surface area contributed by atoms with E-state index in [1.807, 2.05) is 0 Å². The van der Waals surface area contributed by atoms with Gasteiger partial charge in [-0.3, -0.25) is 0 Å². The minimum absolute atomic E-state index is 0.322. The Bertz CT molecular complexity index is 293. The summed E-state index contributed by atoms with van der Waals surface area (Å²) < 4.78 is 21.6. The highest BCUT2D eigenvalue weighted by Gasteiger charge is 2.00. The first-order valence-corrected chi connectivity index (χ1v) is 7.74. The molecule has 3 nitrogen and oxygen atoms in total. The third kappa shape index (κ3) is 13.8. The molecule has 0 rings (SSSR count). The van der Waals surface area contributed by atoms with Crippen LogP contribution in [0.5, 0.6) is 0 Å². The van der Waals surface area contributed by atoms with Crippen LogP contribution in [0, 0.1) is 0 Å². The lowest BCUT2D eigenvalue weighted by atomic mass is 10.1. The van der Waals surface area contributed by atoms with Crippen molar-refractivity contribution in [3.05, 3.63) is 0 Å². The molecule has 0 saturated heterocycles. The maximum atomic E-state index is 10.8. The van der Waals surface area contributed by atoms with Crippen molar-refractivity contribution in [3.63, 3.8) is 0 Å². The van der Waals surface area contributed by atoms with Crippen molar-refractivity contribution in [1.82, 2.24) is 0 Å². The monoisotopic (exact) mass is 249 g/mol. The van der Waals surface area contributed by atoms with Gasteiger partial charge in [0.15, 0.2) is 0 Å². The topological polar surface area (TPSA) is 46.5 Å². The van der Waals surface area contributed by atoms with Gasteiger partial charge in [-0.15, -0.1) is 0 Å². The van der Waals surface area contributed by atoms with E-state index in [-0.39, 0.29) is 0 Å². The van der Waals surface area contributed by atoms with Gasteiger partial charge in [-0.1, -0.05) is 25.7 Å². The van der Waals surface area contributed by atoms with Crippen LogP contribution in [0.3, 0.4) is 0 Å². The zero-order valence-corrected chi connectivity index (χ0v) is 10.9. The maximum absolute atomic E-state index is 10.8. The van der Waals surface area contributed by atoms with Crippen molar-refractivity contribution in [3.8, 4) is 0 Å². The molecule has 0 amide bonds. The minimum Gasteiger partial charge on any atom is -0.233 e. The molecule has 0 aromatic rings. The zero-order valence-electron chi connectivity index (χ0n) is 9.24. The number of hydrogen-bond donors (Lipinski definition) is 0. The summed E-state index contributed by atoms with van der Waals surface area (Å²) in [6, 6.07) is 0. The number of nitrogens with zero attached hydrogens (tertiary/aromatic N) is 1. The van der Waals surface area contributed by atoms with Crippen LogP contribution in [-0.4, -0.2) is 32.1 Å². The summed E-state index contributed by atoms with van der Waals surface area (Å²) in [5, 5.41) is 2.34. The van der Waals surface area contributed by atoms with Crippen LogP contribution >= 0.6 is 12.2 Å². The van der Waals surface area contributed by atoms with Crippen LogP contribution in [0.4, 0.5) is 0 Å². The SMILES string of the molecule is CS(=O)(=O)CCCCCCCCN=C=S. The largest absolute Gasteiger partial charge is 0.233 e. The summed E-state index contributed by atoms with van der Waals surface area (Å²) >= 11 is 4.45. The molecule has 0 bridgehead atoms. The van der Waals surface area contributed by atoms with Gasteiger partial charge in [-0.2, -0.15) is 0 Å². The first-order chi connectivity index (χ1) is 7.06. The van der Waals surface area contributed by atoms with E-state index in [1.165, 1.54) is 6.26 Å². The first-order valence-electron chi connectivity index (χ1n) is 5.27. The van der Waals surface area contributed by atoms with Crippen LogP contribution in [-0.2, 0) is 9.84 Å². The molecular weight excluding hydrogens is 230 g/mol. The summed E-state index contributed by atoms with van der Waals surface area (Å²) in [6.07, 6.45) is 7.53. The number of thiocarbonyl (C=S) groups is 1. The van der Waals surface area contributed by atoms with E-state index in [0.717, 1.165) is 45.1 Å². The highest BCUT2D eigenvalue weighted by atomic mass is 32.2. The molecule has 15 heavy (non-hydrogen) atoms. The maximum Gasteiger partial charge on any atom is 0.147 e. The van der Waals surface area contributed by atoms with Crippen molar-refractivity contribution in [2.45, 2.75) is 38.5 Å². The third-order valence-electron chi connectivity index (χ3n) is 2.10. The van der Waals surface area contributed by atoms with Crippen molar-refractivity contribution >= 4 is 27.2 Å². The summed E-state index contributed by atoms with van der Waals surface area (Å²) in [5.74, 6) is 0.322. The van der Waals surface area contributed by atoms with Gasteiger partial charge in [-0.25, -0.2) is 13.4 Å². The minimum atomic E-state index is -2.76. The number of isothiocyanates is 1. The highest BCUT2D eigenvalue weighted by molar-refractivity contribution is 7.90. The van der Waals surface area contributed by atoms with E-state index in [9.17, 15) is 8.42 Å². The fourth-order valence-corrected chi connectivity index (χ4v) is 2.13. The predicted octanol–water partition coefficient (Wildman–Crippen LogP) is 2.47. The Kier molecular flexibility index (Phi) is 8.86. The second-order valence-electron chi connectivity index (χ2n) is 3.72. The fraction of sp³-hybridized carbons (Fsp3) is 0.900. The lowest BCUT2D eigenvalue weighted by molar-refractivity contribution is 0.586. The van der Waals surface area contributed by atoms with Crippen LogP contribution in [0.15, 0.2) is 4.99 Å². The Morgan fingerprint density at radius 3 is 2.13 bits per heavy atom. The number of sulfone groups is 1.